The summed E-state index contributed by atoms with van der Waals surface area (Å²) >= 11 is 0. The van der Waals surface area contributed by atoms with Crippen LogP contribution in [-0.4, -0.2) is 35.7 Å². The van der Waals surface area contributed by atoms with Crippen LogP contribution in [0.3, 0.4) is 0 Å². The lowest BCUT2D eigenvalue weighted by atomic mass is 10.0. The number of rotatable bonds is 8. The third kappa shape index (κ3) is 7.74. The molecule has 0 aliphatic rings. The Morgan fingerprint density at radius 1 is 1.29 bits per heavy atom. The minimum absolute atomic E-state index is 0.00845. The molecule has 5 nitrogen and oxygen atoms in total. The van der Waals surface area contributed by atoms with Gasteiger partial charge >= 0.3 is 5.97 Å². The average Bonchev–Trinajstić information content (AvgIpc) is 2.24. The lowest BCUT2D eigenvalue weighted by Crippen LogP contribution is -2.43. The molecule has 0 bridgehead atoms. The topological polar surface area (TPSA) is 75.6 Å². The molecule has 17 heavy (non-hydrogen) atoms. The van der Waals surface area contributed by atoms with Crippen LogP contribution in [0.25, 0.3) is 0 Å². The monoisotopic (exact) mass is 245 g/mol. The summed E-state index contributed by atoms with van der Waals surface area (Å²) in [5.41, 5.74) is 0. The molecule has 0 aromatic heterocycles. The highest BCUT2D eigenvalue weighted by Gasteiger charge is 2.21. The van der Waals surface area contributed by atoms with Crippen LogP contribution < -0.4 is 5.32 Å². The van der Waals surface area contributed by atoms with Crippen LogP contribution in [0.2, 0.25) is 0 Å². The van der Waals surface area contributed by atoms with Gasteiger partial charge in [0, 0.05) is 0 Å². The van der Waals surface area contributed by atoms with Crippen molar-refractivity contribution in [2.24, 2.45) is 5.92 Å². The fraction of sp³-hybridized carbons (Fsp3) is 0.833. The van der Waals surface area contributed by atoms with Gasteiger partial charge in [-0.1, -0.05) is 20.8 Å². The van der Waals surface area contributed by atoms with Crippen molar-refractivity contribution in [3.05, 3.63) is 0 Å². The van der Waals surface area contributed by atoms with E-state index in [2.05, 4.69) is 5.32 Å². The summed E-state index contributed by atoms with van der Waals surface area (Å²) < 4.78 is 5.23. The van der Waals surface area contributed by atoms with E-state index in [1.807, 2.05) is 27.7 Å². The van der Waals surface area contributed by atoms with E-state index in [1.165, 1.54) is 0 Å². The molecule has 100 valence electrons. The van der Waals surface area contributed by atoms with Gasteiger partial charge in [-0.15, -0.1) is 0 Å². The van der Waals surface area contributed by atoms with Crippen LogP contribution in [0.5, 0.6) is 0 Å². The van der Waals surface area contributed by atoms with Crippen molar-refractivity contribution in [2.75, 3.05) is 6.61 Å². The molecule has 0 spiro atoms. The summed E-state index contributed by atoms with van der Waals surface area (Å²) in [7, 11) is 0. The molecule has 1 unspecified atom stereocenters. The molecule has 0 aromatic carbocycles. The van der Waals surface area contributed by atoms with Crippen LogP contribution in [0, 0.1) is 5.92 Å². The maximum Gasteiger partial charge on any atom is 0.326 e. The molecule has 0 rings (SSSR count). The van der Waals surface area contributed by atoms with E-state index >= 15 is 0 Å². The average molecular weight is 245 g/mol. The molecule has 2 atom stereocenters. The number of aliphatic carboxylic acids is 1. The van der Waals surface area contributed by atoms with E-state index in [-0.39, 0.29) is 24.5 Å². The highest BCUT2D eigenvalue weighted by molar-refractivity contribution is 5.84. The fourth-order valence-electron chi connectivity index (χ4n) is 1.26. The predicted octanol–water partition coefficient (Wildman–Crippen LogP) is 1.42. The van der Waals surface area contributed by atoms with E-state index in [0.29, 0.717) is 6.42 Å². The third-order valence-corrected chi connectivity index (χ3v) is 2.41. The van der Waals surface area contributed by atoms with Crippen molar-refractivity contribution < 1.29 is 19.4 Å². The number of carbonyl (C=O) groups is 2. The highest BCUT2D eigenvalue weighted by Crippen LogP contribution is 2.05. The van der Waals surface area contributed by atoms with Crippen LogP contribution >= 0.6 is 0 Å². The summed E-state index contributed by atoms with van der Waals surface area (Å²) in [6, 6.07) is -0.831. The van der Waals surface area contributed by atoms with Gasteiger partial charge in [0.05, 0.1) is 6.10 Å². The summed E-state index contributed by atoms with van der Waals surface area (Å²) in [5.74, 6) is -1.17. The second kappa shape index (κ2) is 8.06. The number of hydrogen-bond acceptors (Lipinski definition) is 3. The standard InChI is InChI=1S/C12H23NO4/c1-5-9(4)17-7-11(14)13-10(12(15)16)6-8(2)3/h8-10H,5-7H2,1-4H3,(H,13,14)(H,15,16)/t9?,10-/m0/s1. The van der Waals surface area contributed by atoms with E-state index in [0.717, 1.165) is 6.42 Å². The zero-order chi connectivity index (χ0) is 13.4. The Balaban J connectivity index is 4.08. The maximum atomic E-state index is 11.5. The van der Waals surface area contributed by atoms with Gasteiger partial charge in [-0.05, 0) is 25.7 Å². The Morgan fingerprint density at radius 2 is 1.88 bits per heavy atom. The lowest BCUT2D eigenvalue weighted by molar-refractivity contribution is -0.143. The van der Waals surface area contributed by atoms with Crippen molar-refractivity contribution in [1.82, 2.24) is 5.32 Å². The molecule has 5 heteroatoms. The molecular formula is C12H23NO4. The van der Waals surface area contributed by atoms with Crippen molar-refractivity contribution >= 4 is 11.9 Å². The summed E-state index contributed by atoms with van der Waals surface area (Å²) in [5, 5.41) is 11.4. The van der Waals surface area contributed by atoms with Crippen LogP contribution in [0.4, 0.5) is 0 Å². The first kappa shape index (κ1) is 15.9. The Hall–Kier alpha value is -1.10. The number of carbonyl (C=O) groups excluding carboxylic acids is 1. The zero-order valence-corrected chi connectivity index (χ0v) is 11.0. The van der Waals surface area contributed by atoms with Crippen LogP contribution in [0.15, 0.2) is 0 Å². The maximum absolute atomic E-state index is 11.5. The van der Waals surface area contributed by atoms with E-state index in [1.54, 1.807) is 0 Å². The number of hydrogen-bond donors (Lipinski definition) is 2. The summed E-state index contributed by atoms with van der Waals surface area (Å²) in [6.45, 7) is 7.57. The first-order valence-corrected chi connectivity index (χ1v) is 6.00. The van der Waals surface area contributed by atoms with Crippen LogP contribution in [0.1, 0.15) is 40.5 Å². The van der Waals surface area contributed by atoms with E-state index in [9.17, 15) is 9.59 Å². The Kier molecular flexibility index (Phi) is 7.54. The summed E-state index contributed by atoms with van der Waals surface area (Å²) in [6.07, 6.45) is 1.25. The van der Waals surface area contributed by atoms with Crippen LogP contribution in [-0.2, 0) is 14.3 Å². The number of carboxylic acid groups (broad SMARTS) is 1. The normalized spacial score (nSPS) is 14.4. The van der Waals surface area contributed by atoms with Gasteiger partial charge < -0.3 is 15.2 Å². The van der Waals surface area contributed by atoms with E-state index in [4.69, 9.17) is 9.84 Å². The quantitative estimate of drug-likeness (QED) is 0.678. The van der Waals surface area contributed by atoms with Crippen molar-refractivity contribution in [2.45, 2.75) is 52.7 Å². The molecule has 1 amide bonds. The lowest BCUT2D eigenvalue weighted by Gasteiger charge is -2.17. The molecule has 0 fully saturated rings. The summed E-state index contributed by atoms with van der Waals surface area (Å²) in [4.78, 5) is 22.4. The molecule has 0 saturated heterocycles. The Morgan fingerprint density at radius 3 is 2.29 bits per heavy atom. The number of nitrogens with one attached hydrogen (secondary N) is 1. The van der Waals surface area contributed by atoms with Gasteiger partial charge in [0.2, 0.25) is 5.91 Å². The Labute approximate surface area is 103 Å². The zero-order valence-electron chi connectivity index (χ0n) is 11.0. The van der Waals surface area contributed by atoms with Gasteiger partial charge in [0.1, 0.15) is 12.6 Å². The number of amides is 1. The number of carboxylic acids is 1. The second-order valence-electron chi connectivity index (χ2n) is 4.62. The molecule has 2 N–H and O–H groups in total. The molecule has 0 aliphatic heterocycles. The molecule has 0 aromatic rings. The van der Waals surface area contributed by atoms with Gasteiger partial charge in [-0.2, -0.15) is 0 Å². The molecule has 0 saturated carbocycles. The van der Waals surface area contributed by atoms with Gasteiger partial charge in [0.25, 0.3) is 0 Å². The third-order valence-electron chi connectivity index (χ3n) is 2.41. The first-order valence-electron chi connectivity index (χ1n) is 6.00. The first-order chi connectivity index (χ1) is 7.86. The SMILES string of the molecule is CCC(C)OCC(=O)N[C@@H](CC(C)C)C(=O)O. The van der Waals surface area contributed by atoms with Crippen molar-refractivity contribution in [1.29, 1.82) is 0 Å². The van der Waals surface area contributed by atoms with Gasteiger partial charge in [-0.3, -0.25) is 4.79 Å². The smallest absolute Gasteiger partial charge is 0.326 e. The second-order valence-corrected chi connectivity index (χ2v) is 4.62. The molecular weight excluding hydrogens is 222 g/mol. The fourth-order valence-corrected chi connectivity index (χ4v) is 1.26. The van der Waals surface area contributed by atoms with Gasteiger partial charge in [-0.25, -0.2) is 4.79 Å². The minimum atomic E-state index is -1.00. The minimum Gasteiger partial charge on any atom is -0.480 e. The Bertz CT molecular complexity index is 253. The number of ether oxygens (including phenoxy) is 1. The highest BCUT2D eigenvalue weighted by atomic mass is 16.5. The predicted molar refractivity (Wildman–Crippen MR) is 64.7 cm³/mol. The molecule has 0 heterocycles. The van der Waals surface area contributed by atoms with Gasteiger partial charge in [0.15, 0.2) is 0 Å². The van der Waals surface area contributed by atoms with Crippen molar-refractivity contribution in [3.8, 4) is 0 Å². The molecule has 0 aliphatic carbocycles. The van der Waals surface area contributed by atoms with Crippen molar-refractivity contribution in [3.63, 3.8) is 0 Å². The molecule has 0 radical (unpaired) electrons. The largest absolute Gasteiger partial charge is 0.480 e. The van der Waals surface area contributed by atoms with E-state index < -0.39 is 12.0 Å².